The molecule has 0 amide bonds. The summed E-state index contributed by atoms with van der Waals surface area (Å²) in [6.07, 6.45) is 6.42. The van der Waals surface area contributed by atoms with Crippen LogP contribution in [0.2, 0.25) is 0 Å². The molecule has 0 radical (unpaired) electrons. The summed E-state index contributed by atoms with van der Waals surface area (Å²) < 4.78 is 0. The second-order valence-electron chi connectivity index (χ2n) is 6.35. The molecule has 1 aromatic carbocycles. The van der Waals surface area contributed by atoms with Crippen molar-refractivity contribution in [3.63, 3.8) is 0 Å². The van der Waals surface area contributed by atoms with Gasteiger partial charge in [0.1, 0.15) is 0 Å². The second-order valence-corrected chi connectivity index (χ2v) is 6.35. The minimum Gasteiger partial charge on any atom is -0.305 e. The first-order valence-corrected chi connectivity index (χ1v) is 7.62. The van der Waals surface area contributed by atoms with Crippen molar-refractivity contribution in [3.8, 4) is 0 Å². The van der Waals surface area contributed by atoms with Crippen LogP contribution in [0.1, 0.15) is 57.0 Å². The first-order chi connectivity index (χ1) is 10.0. The molecule has 3 heteroatoms. The van der Waals surface area contributed by atoms with Crippen LogP contribution in [-0.2, 0) is 5.41 Å². The van der Waals surface area contributed by atoms with Crippen LogP contribution in [0.5, 0.6) is 0 Å². The molecule has 2 rings (SSSR count). The summed E-state index contributed by atoms with van der Waals surface area (Å²) in [6.45, 7) is 9.88. The van der Waals surface area contributed by atoms with Crippen molar-refractivity contribution in [2.45, 2.75) is 45.6 Å². The number of hydrogen-bond donors (Lipinski definition) is 1. The molecule has 0 fully saturated rings. The summed E-state index contributed by atoms with van der Waals surface area (Å²) in [6, 6.07) is 8.71. The second kappa shape index (κ2) is 6.81. The number of benzene rings is 1. The largest absolute Gasteiger partial charge is 0.305 e. The molecular formula is C18H25N3. The van der Waals surface area contributed by atoms with Crippen LogP contribution in [0.3, 0.4) is 0 Å². The topological polar surface area (TPSA) is 37.8 Å². The number of nitrogens with one attached hydrogen (secondary N) is 1. The molecule has 0 saturated heterocycles. The molecular weight excluding hydrogens is 258 g/mol. The van der Waals surface area contributed by atoms with E-state index in [-0.39, 0.29) is 11.5 Å². The Morgan fingerprint density at radius 2 is 1.90 bits per heavy atom. The monoisotopic (exact) mass is 283 g/mol. The summed E-state index contributed by atoms with van der Waals surface area (Å²) in [5.74, 6) is 0. The molecule has 1 heterocycles. The van der Waals surface area contributed by atoms with Crippen molar-refractivity contribution in [3.05, 3.63) is 59.7 Å². The Kier molecular flexibility index (Phi) is 5.07. The zero-order valence-electron chi connectivity index (χ0n) is 13.4. The maximum atomic E-state index is 4.51. The molecule has 0 bridgehead atoms. The maximum absolute atomic E-state index is 4.51. The van der Waals surface area contributed by atoms with Gasteiger partial charge in [-0.3, -0.25) is 9.97 Å². The molecule has 112 valence electrons. The Hall–Kier alpha value is -1.74. The summed E-state index contributed by atoms with van der Waals surface area (Å²) in [7, 11) is 0. The van der Waals surface area contributed by atoms with E-state index in [0.717, 1.165) is 18.7 Å². The van der Waals surface area contributed by atoms with E-state index in [0.29, 0.717) is 0 Å². The van der Waals surface area contributed by atoms with Crippen molar-refractivity contribution >= 4 is 0 Å². The minimum atomic E-state index is 0.0917. The van der Waals surface area contributed by atoms with Gasteiger partial charge in [0.2, 0.25) is 0 Å². The average molecular weight is 283 g/mol. The van der Waals surface area contributed by atoms with E-state index in [1.807, 2.05) is 6.20 Å². The van der Waals surface area contributed by atoms with Crippen LogP contribution in [-0.4, -0.2) is 16.5 Å². The highest BCUT2D eigenvalue weighted by Gasteiger charge is 2.24. The molecule has 21 heavy (non-hydrogen) atoms. The van der Waals surface area contributed by atoms with Crippen LogP contribution in [0.15, 0.2) is 42.9 Å². The van der Waals surface area contributed by atoms with Crippen molar-refractivity contribution in [2.75, 3.05) is 6.54 Å². The fraction of sp³-hybridized carbons (Fsp3) is 0.444. The van der Waals surface area contributed by atoms with Crippen LogP contribution in [0.4, 0.5) is 0 Å². The summed E-state index contributed by atoms with van der Waals surface area (Å²) in [5.41, 5.74) is 3.72. The molecule has 2 aromatic rings. The number of aromatic nitrogens is 2. The standard InChI is InChI=1S/C18H25N3/c1-5-10-21-17(16-13-19-11-12-20-16)14-8-6-7-9-15(14)18(2,3)4/h6-9,11-13,17,21H,5,10H2,1-4H3. The summed E-state index contributed by atoms with van der Waals surface area (Å²) in [4.78, 5) is 8.74. The lowest BCUT2D eigenvalue weighted by molar-refractivity contribution is 0.542. The lowest BCUT2D eigenvalue weighted by Gasteiger charge is -2.27. The zero-order valence-corrected chi connectivity index (χ0v) is 13.4. The van der Waals surface area contributed by atoms with Gasteiger partial charge in [-0.15, -0.1) is 0 Å². The highest BCUT2D eigenvalue weighted by Crippen LogP contribution is 2.31. The van der Waals surface area contributed by atoms with Crippen molar-refractivity contribution < 1.29 is 0 Å². The number of nitrogens with zero attached hydrogens (tertiary/aromatic N) is 2. The predicted molar refractivity (Wildman–Crippen MR) is 87.3 cm³/mol. The van der Waals surface area contributed by atoms with Crippen molar-refractivity contribution in [2.24, 2.45) is 0 Å². The predicted octanol–water partition coefficient (Wildman–Crippen LogP) is 3.86. The molecule has 1 aromatic heterocycles. The Labute approximate surface area is 127 Å². The molecule has 1 N–H and O–H groups in total. The number of hydrogen-bond acceptors (Lipinski definition) is 3. The van der Waals surface area contributed by atoms with E-state index in [1.54, 1.807) is 12.4 Å². The molecule has 0 aliphatic rings. The zero-order chi connectivity index (χ0) is 15.3. The summed E-state index contributed by atoms with van der Waals surface area (Å²) in [5, 5.41) is 3.61. The molecule has 1 unspecified atom stereocenters. The van der Waals surface area contributed by atoms with Gasteiger partial charge < -0.3 is 5.32 Å². The van der Waals surface area contributed by atoms with Gasteiger partial charge in [0.25, 0.3) is 0 Å². The van der Waals surface area contributed by atoms with Crippen molar-refractivity contribution in [1.82, 2.24) is 15.3 Å². The lowest BCUT2D eigenvalue weighted by atomic mass is 9.81. The van der Waals surface area contributed by atoms with Crippen LogP contribution >= 0.6 is 0 Å². The van der Waals surface area contributed by atoms with Crippen LogP contribution < -0.4 is 5.32 Å². The number of rotatable bonds is 5. The first-order valence-electron chi connectivity index (χ1n) is 7.62. The SMILES string of the molecule is CCCNC(c1cnccn1)c1ccccc1C(C)(C)C. The van der Waals surface area contributed by atoms with E-state index < -0.39 is 0 Å². The smallest absolute Gasteiger partial charge is 0.0801 e. The quantitative estimate of drug-likeness (QED) is 0.905. The van der Waals surface area contributed by atoms with Gasteiger partial charge in [-0.05, 0) is 29.5 Å². The van der Waals surface area contributed by atoms with E-state index in [9.17, 15) is 0 Å². The third-order valence-electron chi connectivity index (χ3n) is 3.56. The third kappa shape index (κ3) is 3.88. The Morgan fingerprint density at radius 3 is 2.52 bits per heavy atom. The van der Waals surface area contributed by atoms with Gasteiger partial charge in [0.05, 0.1) is 17.9 Å². The van der Waals surface area contributed by atoms with Crippen LogP contribution in [0.25, 0.3) is 0 Å². The van der Waals surface area contributed by atoms with Gasteiger partial charge in [-0.2, -0.15) is 0 Å². The lowest BCUT2D eigenvalue weighted by Crippen LogP contribution is -2.27. The Bertz CT molecular complexity index is 558. The van der Waals surface area contributed by atoms with Gasteiger partial charge in [0.15, 0.2) is 0 Å². The molecule has 0 spiro atoms. The van der Waals surface area contributed by atoms with E-state index in [1.165, 1.54) is 11.1 Å². The first kappa shape index (κ1) is 15.6. The molecule has 0 saturated carbocycles. The average Bonchev–Trinajstić information content (AvgIpc) is 2.48. The Balaban J connectivity index is 2.47. The van der Waals surface area contributed by atoms with Gasteiger partial charge in [0, 0.05) is 12.4 Å². The van der Waals surface area contributed by atoms with E-state index >= 15 is 0 Å². The molecule has 0 aliphatic heterocycles. The summed E-state index contributed by atoms with van der Waals surface area (Å²) >= 11 is 0. The molecule has 0 aliphatic carbocycles. The normalized spacial score (nSPS) is 13.1. The van der Waals surface area contributed by atoms with Gasteiger partial charge >= 0.3 is 0 Å². The van der Waals surface area contributed by atoms with E-state index in [2.05, 4.69) is 67.2 Å². The fourth-order valence-corrected chi connectivity index (χ4v) is 2.55. The van der Waals surface area contributed by atoms with Crippen molar-refractivity contribution in [1.29, 1.82) is 0 Å². The Morgan fingerprint density at radius 1 is 1.14 bits per heavy atom. The fourth-order valence-electron chi connectivity index (χ4n) is 2.55. The highest BCUT2D eigenvalue weighted by atomic mass is 14.9. The maximum Gasteiger partial charge on any atom is 0.0801 e. The van der Waals surface area contributed by atoms with Crippen LogP contribution in [0, 0.1) is 0 Å². The minimum absolute atomic E-state index is 0.0917. The van der Waals surface area contributed by atoms with Gasteiger partial charge in [-0.1, -0.05) is 52.0 Å². The molecule has 3 nitrogen and oxygen atoms in total. The van der Waals surface area contributed by atoms with Gasteiger partial charge in [-0.25, -0.2) is 0 Å². The van der Waals surface area contributed by atoms with E-state index in [4.69, 9.17) is 0 Å². The molecule has 1 atom stereocenters. The highest BCUT2D eigenvalue weighted by molar-refractivity contribution is 5.38. The third-order valence-corrected chi connectivity index (χ3v) is 3.56.